The molecule has 1 aliphatic rings. The van der Waals surface area contributed by atoms with Gasteiger partial charge < -0.3 is 10.1 Å². The first-order valence-electron chi connectivity index (χ1n) is 8.32. The number of nitrogens with one attached hydrogen (secondary N) is 1. The van der Waals surface area contributed by atoms with Crippen molar-refractivity contribution < 1.29 is 17.9 Å². The second-order valence-corrected chi connectivity index (χ2v) is 6.49. The maximum Gasteiger partial charge on any atom is 0.417 e. The number of aromatic nitrogens is 1. The van der Waals surface area contributed by atoms with Crippen LogP contribution in [0.4, 0.5) is 19.0 Å². The molecule has 3 rings (SSSR count). The smallest absolute Gasteiger partial charge is 0.381 e. The Kier molecular flexibility index (Phi) is 4.99. The molecule has 1 aromatic carbocycles. The van der Waals surface area contributed by atoms with Crippen molar-refractivity contribution in [2.45, 2.75) is 31.4 Å². The Labute approximate surface area is 145 Å². The summed E-state index contributed by atoms with van der Waals surface area (Å²) in [5.74, 6) is 0.451. The van der Waals surface area contributed by atoms with E-state index in [0.29, 0.717) is 25.6 Å². The highest BCUT2D eigenvalue weighted by Crippen LogP contribution is 2.37. The summed E-state index contributed by atoms with van der Waals surface area (Å²) in [6.07, 6.45) is -1.77. The average Bonchev–Trinajstić information content (AvgIpc) is 2.61. The molecule has 0 unspecified atom stereocenters. The number of benzene rings is 1. The third-order valence-corrected chi connectivity index (χ3v) is 4.87. The number of anilines is 1. The highest BCUT2D eigenvalue weighted by molar-refractivity contribution is 5.40. The molecular formula is C19H21F3N2O. The standard InChI is InChI=1S/C19H21F3N2O/c1-14-4-2-3-5-16(14)18(8-10-25-11-9-18)13-24-17-7-6-15(12-23-17)19(20,21)22/h2-7,12H,8-11,13H2,1H3,(H,23,24). The van der Waals surface area contributed by atoms with Crippen molar-refractivity contribution >= 4 is 5.82 Å². The minimum Gasteiger partial charge on any atom is -0.381 e. The second-order valence-electron chi connectivity index (χ2n) is 6.49. The maximum atomic E-state index is 12.6. The fourth-order valence-corrected chi connectivity index (χ4v) is 3.40. The summed E-state index contributed by atoms with van der Waals surface area (Å²) in [7, 11) is 0. The molecule has 134 valence electrons. The molecular weight excluding hydrogens is 329 g/mol. The van der Waals surface area contributed by atoms with Gasteiger partial charge in [0, 0.05) is 31.4 Å². The molecule has 25 heavy (non-hydrogen) atoms. The summed E-state index contributed by atoms with van der Waals surface area (Å²) in [5, 5.41) is 3.23. The Balaban J connectivity index is 1.79. The molecule has 1 N–H and O–H groups in total. The van der Waals surface area contributed by atoms with Gasteiger partial charge in [-0.25, -0.2) is 4.98 Å². The van der Waals surface area contributed by atoms with E-state index in [1.807, 2.05) is 12.1 Å². The number of ether oxygens (including phenoxy) is 1. The molecule has 1 aromatic heterocycles. The minimum absolute atomic E-state index is 0.103. The van der Waals surface area contributed by atoms with Crippen LogP contribution in [0.15, 0.2) is 42.6 Å². The SMILES string of the molecule is Cc1ccccc1C1(CNc2ccc(C(F)(F)F)cn2)CCOCC1. The molecule has 6 heteroatoms. The molecule has 1 aliphatic heterocycles. The normalized spacial score (nSPS) is 17.3. The molecule has 2 aromatic rings. The fourth-order valence-electron chi connectivity index (χ4n) is 3.40. The monoisotopic (exact) mass is 350 g/mol. The van der Waals surface area contributed by atoms with Crippen molar-refractivity contribution in [2.75, 3.05) is 25.1 Å². The van der Waals surface area contributed by atoms with E-state index >= 15 is 0 Å². The molecule has 0 aliphatic carbocycles. The third kappa shape index (κ3) is 3.95. The van der Waals surface area contributed by atoms with E-state index in [1.165, 1.54) is 17.2 Å². The highest BCUT2D eigenvalue weighted by atomic mass is 19.4. The van der Waals surface area contributed by atoms with Crippen LogP contribution in [0, 0.1) is 6.92 Å². The van der Waals surface area contributed by atoms with Gasteiger partial charge >= 0.3 is 6.18 Å². The highest BCUT2D eigenvalue weighted by Gasteiger charge is 2.35. The fraction of sp³-hybridized carbons (Fsp3) is 0.421. The van der Waals surface area contributed by atoms with Gasteiger partial charge in [-0.15, -0.1) is 0 Å². The Morgan fingerprint density at radius 2 is 1.84 bits per heavy atom. The van der Waals surface area contributed by atoms with E-state index in [1.54, 1.807) is 0 Å². The first kappa shape index (κ1) is 17.7. The van der Waals surface area contributed by atoms with Crippen LogP contribution in [-0.2, 0) is 16.3 Å². The molecule has 0 amide bonds. The lowest BCUT2D eigenvalue weighted by Gasteiger charge is -2.39. The molecule has 0 radical (unpaired) electrons. The Morgan fingerprint density at radius 3 is 2.44 bits per heavy atom. The van der Waals surface area contributed by atoms with Crippen LogP contribution in [-0.4, -0.2) is 24.7 Å². The average molecular weight is 350 g/mol. The number of hydrogen-bond acceptors (Lipinski definition) is 3. The minimum atomic E-state index is -4.37. The van der Waals surface area contributed by atoms with Crippen LogP contribution in [0.5, 0.6) is 0 Å². The number of nitrogens with zero attached hydrogens (tertiary/aromatic N) is 1. The summed E-state index contributed by atoms with van der Waals surface area (Å²) in [6.45, 7) is 4.05. The molecule has 0 bridgehead atoms. The predicted molar refractivity (Wildman–Crippen MR) is 90.6 cm³/mol. The molecule has 0 saturated carbocycles. The van der Waals surface area contributed by atoms with Gasteiger partial charge in [0.25, 0.3) is 0 Å². The van der Waals surface area contributed by atoms with Crippen LogP contribution in [0.25, 0.3) is 0 Å². The number of hydrogen-bond donors (Lipinski definition) is 1. The Bertz CT molecular complexity index is 707. The number of alkyl halides is 3. The third-order valence-electron chi connectivity index (χ3n) is 4.87. The molecule has 2 heterocycles. The zero-order valence-electron chi connectivity index (χ0n) is 14.1. The summed E-state index contributed by atoms with van der Waals surface area (Å²) in [4.78, 5) is 3.91. The largest absolute Gasteiger partial charge is 0.417 e. The summed E-state index contributed by atoms with van der Waals surface area (Å²) >= 11 is 0. The first-order chi connectivity index (χ1) is 11.9. The Morgan fingerprint density at radius 1 is 1.12 bits per heavy atom. The second kappa shape index (κ2) is 7.04. The summed E-state index contributed by atoms with van der Waals surface area (Å²) < 4.78 is 43.5. The lowest BCUT2D eigenvalue weighted by molar-refractivity contribution is -0.137. The van der Waals surface area contributed by atoms with Crippen LogP contribution >= 0.6 is 0 Å². The van der Waals surface area contributed by atoms with Crippen molar-refractivity contribution in [3.8, 4) is 0 Å². The number of aryl methyl sites for hydroxylation is 1. The van der Waals surface area contributed by atoms with E-state index in [4.69, 9.17) is 4.74 Å². The van der Waals surface area contributed by atoms with E-state index in [0.717, 1.165) is 25.1 Å². The van der Waals surface area contributed by atoms with Gasteiger partial charge in [-0.3, -0.25) is 0 Å². The van der Waals surface area contributed by atoms with Gasteiger partial charge in [0.1, 0.15) is 5.82 Å². The van der Waals surface area contributed by atoms with E-state index < -0.39 is 11.7 Å². The molecule has 3 nitrogen and oxygen atoms in total. The summed E-state index contributed by atoms with van der Waals surface area (Å²) in [6, 6.07) is 10.7. The molecule has 0 atom stereocenters. The van der Waals surface area contributed by atoms with Crippen molar-refractivity contribution in [3.05, 3.63) is 59.3 Å². The van der Waals surface area contributed by atoms with Gasteiger partial charge in [-0.1, -0.05) is 24.3 Å². The summed E-state index contributed by atoms with van der Waals surface area (Å²) in [5.41, 5.74) is 1.63. The molecule has 1 saturated heterocycles. The lowest BCUT2D eigenvalue weighted by atomic mass is 9.72. The predicted octanol–water partition coefficient (Wildman–Crippen LogP) is 4.57. The number of pyridine rings is 1. The van der Waals surface area contributed by atoms with E-state index in [2.05, 4.69) is 29.4 Å². The topological polar surface area (TPSA) is 34.2 Å². The molecule has 0 spiro atoms. The zero-order chi connectivity index (χ0) is 17.9. The zero-order valence-corrected chi connectivity index (χ0v) is 14.1. The van der Waals surface area contributed by atoms with Crippen LogP contribution < -0.4 is 5.32 Å². The lowest BCUT2D eigenvalue weighted by Crippen LogP contribution is -2.40. The maximum absolute atomic E-state index is 12.6. The van der Waals surface area contributed by atoms with Crippen LogP contribution in [0.3, 0.4) is 0 Å². The Hall–Kier alpha value is -2.08. The van der Waals surface area contributed by atoms with Crippen molar-refractivity contribution in [3.63, 3.8) is 0 Å². The van der Waals surface area contributed by atoms with Crippen molar-refractivity contribution in [2.24, 2.45) is 0 Å². The number of rotatable bonds is 4. The van der Waals surface area contributed by atoms with E-state index in [9.17, 15) is 13.2 Å². The van der Waals surface area contributed by atoms with E-state index in [-0.39, 0.29) is 5.41 Å². The van der Waals surface area contributed by atoms with Gasteiger partial charge in [0.05, 0.1) is 5.56 Å². The van der Waals surface area contributed by atoms with Crippen molar-refractivity contribution in [1.82, 2.24) is 4.98 Å². The first-order valence-corrected chi connectivity index (χ1v) is 8.32. The molecule has 1 fully saturated rings. The quantitative estimate of drug-likeness (QED) is 0.877. The van der Waals surface area contributed by atoms with Crippen molar-refractivity contribution in [1.29, 1.82) is 0 Å². The van der Waals surface area contributed by atoms with Crippen LogP contribution in [0.1, 0.15) is 29.5 Å². The number of halogens is 3. The van der Waals surface area contributed by atoms with Gasteiger partial charge in [-0.05, 0) is 43.0 Å². The van der Waals surface area contributed by atoms with Gasteiger partial charge in [-0.2, -0.15) is 13.2 Å². The van der Waals surface area contributed by atoms with Gasteiger partial charge in [0.2, 0.25) is 0 Å². The van der Waals surface area contributed by atoms with Crippen LogP contribution in [0.2, 0.25) is 0 Å². The van der Waals surface area contributed by atoms with Gasteiger partial charge in [0.15, 0.2) is 0 Å².